The van der Waals surface area contributed by atoms with Gasteiger partial charge in [-0.2, -0.15) is 21.6 Å². The van der Waals surface area contributed by atoms with Crippen LogP contribution in [0.2, 0.25) is 0 Å². The van der Waals surface area contributed by atoms with Gasteiger partial charge in [-0.05, 0) is 24.5 Å². The molecule has 10 heteroatoms. The quantitative estimate of drug-likeness (QED) is 0.488. The van der Waals surface area contributed by atoms with Crippen molar-refractivity contribution in [2.45, 2.75) is 31.4 Å². The van der Waals surface area contributed by atoms with Crippen molar-refractivity contribution in [3.05, 3.63) is 64.2 Å². The van der Waals surface area contributed by atoms with Crippen LogP contribution < -0.4 is 9.74 Å². The van der Waals surface area contributed by atoms with Crippen LogP contribution in [0.1, 0.15) is 17.7 Å². The Hall–Kier alpha value is -2.75. The lowest BCUT2D eigenvalue weighted by atomic mass is 10.2. The van der Waals surface area contributed by atoms with Crippen molar-refractivity contribution in [3.63, 3.8) is 0 Å². The molecule has 0 amide bonds. The first kappa shape index (κ1) is 18.6. The molecule has 1 aliphatic rings. The molecule has 1 aliphatic heterocycles. The van der Waals surface area contributed by atoms with E-state index in [1.54, 1.807) is 29.0 Å². The van der Waals surface area contributed by atoms with Gasteiger partial charge in [0.25, 0.3) is 5.56 Å². The lowest BCUT2D eigenvalue weighted by Gasteiger charge is -2.10. The van der Waals surface area contributed by atoms with E-state index in [0.717, 1.165) is 5.56 Å². The van der Waals surface area contributed by atoms with E-state index < -0.39 is 26.9 Å². The molecule has 0 atom stereocenters. The number of hydrogen-bond acceptors (Lipinski definition) is 4. The van der Waals surface area contributed by atoms with Crippen molar-refractivity contribution in [2.75, 3.05) is 0 Å². The molecule has 6 nitrogen and oxygen atoms in total. The second-order valence-electron chi connectivity index (χ2n) is 6.51. The van der Waals surface area contributed by atoms with Crippen LogP contribution in [-0.4, -0.2) is 23.1 Å². The Kier molecular flexibility index (Phi) is 4.25. The zero-order chi connectivity index (χ0) is 20.1. The van der Waals surface area contributed by atoms with Gasteiger partial charge in [0.05, 0.1) is 17.8 Å². The second-order valence-corrected chi connectivity index (χ2v) is 8.05. The Morgan fingerprint density at radius 3 is 2.50 bits per heavy atom. The normalized spacial score (nSPS) is 14.4. The molecule has 28 heavy (non-hydrogen) atoms. The highest BCUT2D eigenvalue weighted by molar-refractivity contribution is 7.88. The van der Waals surface area contributed by atoms with E-state index in [4.69, 9.17) is 0 Å². The third-order valence-corrected chi connectivity index (χ3v) is 5.67. The minimum Gasteiger partial charge on any atom is -0.373 e. The molecule has 4 rings (SSSR count). The fourth-order valence-electron chi connectivity index (χ4n) is 3.48. The number of pyridine rings is 1. The number of benzene rings is 1. The number of aryl methyl sites for hydroxylation is 1. The summed E-state index contributed by atoms with van der Waals surface area (Å²) in [5.74, 6) is -0.516. The number of fused-ring (bicyclic) bond motifs is 3. The molecule has 1 aromatic carbocycles. The SMILES string of the molecule is O=c1c2c(OS(=O)(=O)C(F)(F)F)c3n(c2ccn1Cc1ccccc1)CCC3. The van der Waals surface area contributed by atoms with E-state index in [2.05, 4.69) is 4.18 Å². The fraction of sp³-hybridized carbons (Fsp3) is 0.278. The van der Waals surface area contributed by atoms with Crippen molar-refractivity contribution in [1.29, 1.82) is 0 Å². The van der Waals surface area contributed by atoms with Gasteiger partial charge < -0.3 is 13.3 Å². The van der Waals surface area contributed by atoms with Gasteiger partial charge in [-0.1, -0.05) is 30.3 Å². The first-order valence-corrected chi connectivity index (χ1v) is 9.89. The van der Waals surface area contributed by atoms with Gasteiger partial charge in [0, 0.05) is 12.7 Å². The Morgan fingerprint density at radius 2 is 1.82 bits per heavy atom. The van der Waals surface area contributed by atoms with E-state index in [1.807, 2.05) is 18.2 Å². The van der Waals surface area contributed by atoms with Crippen molar-refractivity contribution in [1.82, 2.24) is 9.13 Å². The summed E-state index contributed by atoms with van der Waals surface area (Å²) in [7, 11) is -5.88. The standard InChI is InChI=1S/C18H15F3N2O4S/c19-18(20,21)28(25,26)27-16-14-7-4-9-23(14)13-8-10-22(17(24)15(13)16)11-12-5-2-1-3-6-12/h1-3,5-6,8,10H,4,7,9,11H2. The van der Waals surface area contributed by atoms with E-state index >= 15 is 0 Å². The van der Waals surface area contributed by atoms with Gasteiger partial charge in [-0.3, -0.25) is 4.79 Å². The highest BCUT2D eigenvalue weighted by Gasteiger charge is 2.49. The predicted octanol–water partition coefficient (Wildman–Crippen LogP) is 3.03. The predicted molar refractivity (Wildman–Crippen MR) is 95.7 cm³/mol. The molecule has 148 valence electrons. The van der Waals surface area contributed by atoms with Crippen LogP contribution in [-0.2, 0) is 29.6 Å². The smallest absolute Gasteiger partial charge is 0.373 e. The molecule has 0 spiro atoms. The van der Waals surface area contributed by atoms with Crippen molar-refractivity contribution < 1.29 is 25.8 Å². The maximum atomic E-state index is 13.0. The minimum absolute atomic E-state index is 0.152. The monoisotopic (exact) mass is 412 g/mol. The van der Waals surface area contributed by atoms with Crippen LogP contribution >= 0.6 is 0 Å². The fourth-order valence-corrected chi connectivity index (χ4v) is 3.97. The number of nitrogens with zero attached hydrogens (tertiary/aromatic N) is 2. The van der Waals surface area contributed by atoms with Gasteiger partial charge in [0.15, 0.2) is 5.75 Å². The highest BCUT2D eigenvalue weighted by Crippen LogP contribution is 2.38. The topological polar surface area (TPSA) is 70.3 Å². The van der Waals surface area contributed by atoms with Gasteiger partial charge >= 0.3 is 15.6 Å². The summed E-state index contributed by atoms with van der Waals surface area (Å²) in [6.45, 7) is 0.672. The molecule has 0 aliphatic carbocycles. The van der Waals surface area contributed by atoms with Crippen molar-refractivity contribution in [2.24, 2.45) is 0 Å². The highest BCUT2D eigenvalue weighted by atomic mass is 32.2. The molecule has 3 heterocycles. The largest absolute Gasteiger partial charge is 0.534 e. The van der Waals surface area contributed by atoms with E-state index in [0.29, 0.717) is 24.9 Å². The van der Waals surface area contributed by atoms with Crippen molar-refractivity contribution >= 4 is 21.0 Å². The van der Waals surface area contributed by atoms with Crippen LogP contribution in [0.3, 0.4) is 0 Å². The van der Waals surface area contributed by atoms with Crippen LogP contribution in [0.15, 0.2) is 47.4 Å². The van der Waals surface area contributed by atoms with Gasteiger partial charge in [0.2, 0.25) is 0 Å². The third-order valence-electron chi connectivity index (χ3n) is 4.72. The van der Waals surface area contributed by atoms with Gasteiger partial charge in [-0.25, -0.2) is 0 Å². The lowest BCUT2D eigenvalue weighted by molar-refractivity contribution is -0.0499. The van der Waals surface area contributed by atoms with Gasteiger partial charge in [-0.15, -0.1) is 0 Å². The average molecular weight is 412 g/mol. The van der Waals surface area contributed by atoms with Crippen LogP contribution in [0.25, 0.3) is 10.9 Å². The lowest BCUT2D eigenvalue weighted by Crippen LogP contribution is -2.29. The second kappa shape index (κ2) is 6.40. The van der Waals surface area contributed by atoms with Gasteiger partial charge in [0.1, 0.15) is 5.39 Å². The van der Waals surface area contributed by atoms with E-state index in [9.17, 15) is 26.4 Å². The molecule has 0 N–H and O–H groups in total. The molecule has 0 bridgehead atoms. The Labute approximate surface area is 157 Å². The molecular weight excluding hydrogens is 397 g/mol. The minimum atomic E-state index is -5.88. The Morgan fingerprint density at radius 1 is 1.11 bits per heavy atom. The molecule has 0 fully saturated rings. The summed E-state index contributed by atoms with van der Waals surface area (Å²) in [6, 6.07) is 10.6. The molecular formula is C18H15F3N2O4S. The Balaban J connectivity index is 1.89. The van der Waals surface area contributed by atoms with Crippen LogP contribution in [0.4, 0.5) is 13.2 Å². The summed E-state index contributed by atoms with van der Waals surface area (Å²) in [5, 5.41) is -0.152. The summed E-state index contributed by atoms with van der Waals surface area (Å²) in [5.41, 5.74) is -4.70. The Bertz CT molecular complexity index is 1210. The van der Waals surface area contributed by atoms with Crippen LogP contribution in [0.5, 0.6) is 5.75 Å². The number of aromatic nitrogens is 2. The number of hydrogen-bond donors (Lipinski definition) is 0. The summed E-state index contributed by atoms with van der Waals surface area (Å²) >= 11 is 0. The molecule has 0 radical (unpaired) electrons. The first-order valence-electron chi connectivity index (χ1n) is 8.48. The molecule has 2 aromatic heterocycles. The maximum Gasteiger partial charge on any atom is 0.534 e. The maximum absolute atomic E-state index is 13.0. The van der Waals surface area contributed by atoms with Crippen molar-refractivity contribution in [3.8, 4) is 5.75 Å². The molecule has 3 aromatic rings. The number of halogens is 3. The third kappa shape index (κ3) is 2.97. The van der Waals surface area contributed by atoms with E-state index in [-0.39, 0.29) is 17.6 Å². The van der Waals surface area contributed by atoms with Crippen LogP contribution in [0, 0.1) is 0 Å². The summed E-state index contributed by atoms with van der Waals surface area (Å²) < 4.78 is 69.1. The number of alkyl halides is 3. The molecule has 0 unspecified atom stereocenters. The van der Waals surface area contributed by atoms with E-state index in [1.165, 1.54) is 4.57 Å². The zero-order valence-corrected chi connectivity index (χ0v) is 15.3. The summed E-state index contributed by atoms with van der Waals surface area (Å²) in [4.78, 5) is 13.0. The average Bonchev–Trinajstić information content (AvgIpc) is 3.20. The first-order chi connectivity index (χ1) is 13.2. The number of rotatable bonds is 4. The zero-order valence-electron chi connectivity index (χ0n) is 14.4. The molecule has 0 saturated heterocycles. The summed E-state index contributed by atoms with van der Waals surface area (Å²) in [6.07, 6.45) is 2.50. The molecule has 0 saturated carbocycles.